The Morgan fingerprint density at radius 2 is 2.20 bits per heavy atom. The summed E-state index contributed by atoms with van der Waals surface area (Å²) in [7, 11) is 1.40. The monoisotopic (exact) mass is 369 g/mol. The van der Waals surface area contributed by atoms with E-state index in [0.717, 1.165) is 6.42 Å². The average Bonchev–Trinajstić information content (AvgIpc) is 3.01. The van der Waals surface area contributed by atoms with E-state index in [4.69, 9.17) is 31.2 Å². The zero-order valence-electron chi connectivity index (χ0n) is 15.0. The van der Waals surface area contributed by atoms with Crippen LogP contribution in [0.25, 0.3) is 0 Å². The van der Waals surface area contributed by atoms with Crippen molar-refractivity contribution in [1.82, 2.24) is 9.88 Å². The lowest BCUT2D eigenvalue weighted by Gasteiger charge is -2.24. The molecule has 1 saturated heterocycles. The Balaban J connectivity index is 1.89. The third-order valence-corrected chi connectivity index (χ3v) is 3.99. The summed E-state index contributed by atoms with van der Waals surface area (Å²) >= 11 is 5.96. The second kappa shape index (κ2) is 7.91. The van der Waals surface area contributed by atoms with E-state index in [-0.39, 0.29) is 23.1 Å². The van der Waals surface area contributed by atoms with Gasteiger partial charge in [0.15, 0.2) is 0 Å². The lowest BCUT2D eigenvalue weighted by atomic mass is 10.1. The van der Waals surface area contributed by atoms with Crippen LogP contribution in [0.1, 0.15) is 32.8 Å². The lowest BCUT2D eigenvalue weighted by molar-refractivity contribution is 0.0285. The van der Waals surface area contributed by atoms with Crippen molar-refractivity contribution in [3.8, 4) is 5.75 Å². The largest absolute Gasteiger partial charge is 0.492 e. The summed E-state index contributed by atoms with van der Waals surface area (Å²) in [6.07, 6.45) is 2.06. The fourth-order valence-electron chi connectivity index (χ4n) is 2.45. The first kappa shape index (κ1) is 19.3. The number of pyridine rings is 1. The number of ether oxygens (including phenoxy) is 3. The van der Waals surface area contributed by atoms with E-state index < -0.39 is 5.60 Å². The third-order valence-electron chi connectivity index (χ3n) is 3.69. The highest BCUT2D eigenvalue weighted by molar-refractivity contribution is 6.32. The molecule has 0 aromatic carbocycles. The molecule has 1 aliphatic heterocycles. The molecule has 7 nitrogen and oxygen atoms in total. The number of halogens is 1. The number of nitrogens with zero attached hydrogens (tertiary/aromatic N) is 2. The van der Waals surface area contributed by atoms with Crippen molar-refractivity contribution in [3.05, 3.63) is 23.0 Å². The van der Waals surface area contributed by atoms with Crippen LogP contribution in [-0.4, -0.2) is 54.3 Å². The van der Waals surface area contributed by atoms with Gasteiger partial charge in [0, 0.05) is 19.0 Å². The molecule has 1 N–H and O–H groups in total. The van der Waals surface area contributed by atoms with E-state index in [1.165, 1.54) is 13.3 Å². The molecule has 138 valence electrons. The summed E-state index contributed by atoms with van der Waals surface area (Å²) in [6.45, 7) is 7.25. The van der Waals surface area contributed by atoms with Gasteiger partial charge in [-0.05, 0) is 33.3 Å². The number of likely N-dealkylation sites (tertiary alicyclic amines) is 1. The highest BCUT2D eigenvalue weighted by Gasteiger charge is 2.30. The number of carbonyl (C=O) groups is 1. The van der Waals surface area contributed by atoms with Gasteiger partial charge >= 0.3 is 6.09 Å². The van der Waals surface area contributed by atoms with Crippen LogP contribution in [0.4, 0.5) is 4.79 Å². The minimum atomic E-state index is -0.497. The van der Waals surface area contributed by atoms with Crippen molar-refractivity contribution in [2.45, 2.75) is 32.8 Å². The first-order valence-corrected chi connectivity index (χ1v) is 8.46. The van der Waals surface area contributed by atoms with Gasteiger partial charge in [0.05, 0.1) is 25.5 Å². The van der Waals surface area contributed by atoms with Gasteiger partial charge in [0.25, 0.3) is 0 Å². The predicted molar refractivity (Wildman–Crippen MR) is 94.5 cm³/mol. The molecule has 25 heavy (non-hydrogen) atoms. The molecule has 1 aromatic heterocycles. The first-order chi connectivity index (χ1) is 11.7. The Morgan fingerprint density at radius 3 is 2.84 bits per heavy atom. The Labute approximate surface area is 152 Å². The molecule has 0 radical (unpaired) electrons. The predicted octanol–water partition coefficient (Wildman–Crippen LogP) is 3.34. The molecule has 0 spiro atoms. The molecule has 1 aliphatic rings. The molecule has 2 rings (SSSR count). The smallest absolute Gasteiger partial charge is 0.410 e. The number of hydrogen-bond acceptors (Lipinski definition) is 6. The van der Waals surface area contributed by atoms with E-state index in [0.29, 0.717) is 31.0 Å². The normalized spacial score (nSPS) is 17.3. The minimum absolute atomic E-state index is 0.0695. The Hall–Kier alpha value is -2.02. The topological polar surface area (TPSA) is 84.7 Å². The summed E-state index contributed by atoms with van der Waals surface area (Å²) in [5.41, 5.74) is -0.119. The average molecular weight is 370 g/mol. The van der Waals surface area contributed by atoms with Crippen molar-refractivity contribution >= 4 is 23.6 Å². The molecule has 0 aliphatic carbocycles. The maximum Gasteiger partial charge on any atom is 0.410 e. The number of nitrogens with one attached hydrogen (secondary N) is 1. The Kier molecular flexibility index (Phi) is 6.11. The van der Waals surface area contributed by atoms with Crippen LogP contribution in [0, 0.1) is 11.3 Å². The van der Waals surface area contributed by atoms with Crippen LogP contribution in [0.5, 0.6) is 5.75 Å². The summed E-state index contributed by atoms with van der Waals surface area (Å²) in [5, 5.41) is 7.89. The number of rotatable bonds is 4. The van der Waals surface area contributed by atoms with E-state index in [1.807, 2.05) is 20.8 Å². The van der Waals surface area contributed by atoms with Crippen LogP contribution in [0.3, 0.4) is 0 Å². The zero-order chi connectivity index (χ0) is 18.6. The van der Waals surface area contributed by atoms with Crippen LogP contribution in [-0.2, 0) is 9.47 Å². The van der Waals surface area contributed by atoms with Gasteiger partial charge < -0.3 is 19.1 Å². The number of hydrogen-bond donors (Lipinski definition) is 1. The summed E-state index contributed by atoms with van der Waals surface area (Å²) < 4.78 is 16.0. The van der Waals surface area contributed by atoms with Crippen molar-refractivity contribution in [3.63, 3.8) is 0 Å². The first-order valence-electron chi connectivity index (χ1n) is 8.09. The molecule has 1 amide bonds. The maximum absolute atomic E-state index is 12.1. The second-order valence-electron chi connectivity index (χ2n) is 6.93. The highest BCUT2D eigenvalue weighted by Crippen LogP contribution is 2.23. The molecule has 0 bridgehead atoms. The molecule has 0 unspecified atom stereocenters. The van der Waals surface area contributed by atoms with Crippen LogP contribution in [0.15, 0.2) is 12.3 Å². The number of aromatic nitrogens is 1. The second-order valence-corrected chi connectivity index (χ2v) is 7.29. The van der Waals surface area contributed by atoms with Gasteiger partial charge in [-0.1, -0.05) is 11.6 Å². The van der Waals surface area contributed by atoms with E-state index in [9.17, 15) is 4.79 Å². The van der Waals surface area contributed by atoms with Gasteiger partial charge in [-0.25, -0.2) is 9.78 Å². The van der Waals surface area contributed by atoms with E-state index >= 15 is 0 Å². The fraction of sp³-hybridized carbons (Fsp3) is 0.588. The van der Waals surface area contributed by atoms with Crippen molar-refractivity contribution in [1.29, 1.82) is 5.41 Å². The molecular formula is C17H24ClN3O4. The van der Waals surface area contributed by atoms with Gasteiger partial charge in [0.1, 0.15) is 16.5 Å². The van der Waals surface area contributed by atoms with Crippen molar-refractivity contribution < 1.29 is 19.0 Å². The standard InChI is InChI=1S/C17H24ClN3O4/c1-17(2,3)25-16(22)21-6-5-11(9-21)10-24-12-7-13(15(19)23-4)14(18)20-8-12/h7-8,11,19H,5-6,9-10H2,1-4H3/t11-/m0/s1. The Bertz CT molecular complexity index is 645. The molecule has 1 atom stereocenters. The van der Waals surface area contributed by atoms with Crippen molar-refractivity contribution in [2.24, 2.45) is 5.92 Å². The van der Waals surface area contributed by atoms with Gasteiger partial charge in [-0.3, -0.25) is 5.41 Å². The highest BCUT2D eigenvalue weighted by atomic mass is 35.5. The Morgan fingerprint density at radius 1 is 1.48 bits per heavy atom. The van der Waals surface area contributed by atoms with Crippen LogP contribution in [0.2, 0.25) is 5.15 Å². The lowest BCUT2D eigenvalue weighted by Crippen LogP contribution is -2.35. The summed E-state index contributed by atoms with van der Waals surface area (Å²) in [6, 6.07) is 1.63. The maximum atomic E-state index is 12.1. The number of amides is 1. The molecule has 0 saturated carbocycles. The summed E-state index contributed by atoms with van der Waals surface area (Å²) in [4.78, 5) is 17.8. The van der Waals surface area contributed by atoms with Gasteiger partial charge in [-0.15, -0.1) is 0 Å². The van der Waals surface area contributed by atoms with Gasteiger partial charge in [-0.2, -0.15) is 0 Å². The zero-order valence-corrected chi connectivity index (χ0v) is 15.7. The van der Waals surface area contributed by atoms with Crippen molar-refractivity contribution in [2.75, 3.05) is 26.8 Å². The number of methoxy groups -OCH3 is 1. The van der Waals surface area contributed by atoms with E-state index in [2.05, 4.69) is 4.98 Å². The SMILES string of the molecule is COC(=N)c1cc(OC[C@H]2CCN(C(=O)OC(C)(C)C)C2)cnc1Cl. The molecule has 2 heterocycles. The minimum Gasteiger partial charge on any atom is -0.492 e. The van der Waals surface area contributed by atoms with Crippen LogP contribution >= 0.6 is 11.6 Å². The third kappa shape index (κ3) is 5.49. The molecular weight excluding hydrogens is 346 g/mol. The van der Waals surface area contributed by atoms with Crippen LogP contribution < -0.4 is 4.74 Å². The number of carbonyl (C=O) groups excluding carboxylic acids is 1. The quantitative estimate of drug-likeness (QED) is 0.499. The van der Waals surface area contributed by atoms with Gasteiger partial charge in [0.2, 0.25) is 5.90 Å². The molecule has 1 fully saturated rings. The fourth-order valence-corrected chi connectivity index (χ4v) is 2.64. The van der Waals surface area contributed by atoms with E-state index in [1.54, 1.807) is 11.0 Å². The summed E-state index contributed by atoms with van der Waals surface area (Å²) in [5.74, 6) is 0.658. The molecule has 8 heteroatoms. The molecule has 1 aromatic rings.